The third kappa shape index (κ3) is 4.75. The zero-order chi connectivity index (χ0) is 21.7. The molecule has 0 unspecified atom stereocenters. The molecule has 0 aliphatic carbocycles. The van der Waals surface area contributed by atoms with E-state index >= 15 is 0 Å². The fourth-order valence-corrected chi connectivity index (χ4v) is 3.61. The summed E-state index contributed by atoms with van der Waals surface area (Å²) >= 11 is 0. The molecule has 30 heavy (non-hydrogen) atoms. The number of nitrogens with one attached hydrogen (secondary N) is 1. The largest absolute Gasteiger partial charge is 0.490 e. The fraction of sp³-hybridized carbons (Fsp3) is 0.417. The van der Waals surface area contributed by atoms with Crippen molar-refractivity contribution in [2.24, 2.45) is 5.92 Å². The smallest absolute Gasteiger partial charge is 0.255 e. The van der Waals surface area contributed by atoms with Gasteiger partial charge in [-0.15, -0.1) is 0 Å². The van der Waals surface area contributed by atoms with E-state index in [0.717, 1.165) is 30.6 Å². The summed E-state index contributed by atoms with van der Waals surface area (Å²) in [4.78, 5) is 27.2. The molecule has 1 aliphatic heterocycles. The Morgan fingerprint density at radius 2 is 1.77 bits per heavy atom. The number of hydrogen-bond acceptors (Lipinski definition) is 4. The van der Waals surface area contributed by atoms with Gasteiger partial charge in [-0.2, -0.15) is 0 Å². The molecule has 6 nitrogen and oxygen atoms in total. The molecule has 1 aliphatic rings. The Balaban J connectivity index is 1.79. The van der Waals surface area contributed by atoms with Crippen LogP contribution in [0.4, 0.5) is 11.4 Å². The Hall–Kier alpha value is -3.02. The standard InChI is InChI=1S/C24H30N2O4/c1-5-29-21-12-9-18(15-22(21)30-6-2)23(27)25-19-10-11-20-17(14-19)8-7-13-26(20)24(28)16(3)4/h9-12,14-16H,5-8,13H2,1-4H3,(H,25,27). The van der Waals surface area contributed by atoms with Crippen LogP contribution in [0.15, 0.2) is 36.4 Å². The van der Waals surface area contributed by atoms with E-state index in [0.29, 0.717) is 36.0 Å². The van der Waals surface area contributed by atoms with Crippen molar-refractivity contribution in [3.8, 4) is 11.5 Å². The van der Waals surface area contributed by atoms with Crippen LogP contribution in [0.2, 0.25) is 0 Å². The summed E-state index contributed by atoms with van der Waals surface area (Å²) in [6.07, 6.45) is 1.80. The Labute approximate surface area is 178 Å². The minimum absolute atomic E-state index is 0.0467. The van der Waals surface area contributed by atoms with Gasteiger partial charge in [-0.05, 0) is 68.7 Å². The highest BCUT2D eigenvalue weighted by Crippen LogP contribution is 2.32. The first-order valence-electron chi connectivity index (χ1n) is 10.6. The molecule has 1 heterocycles. The molecule has 2 amide bonds. The molecule has 2 aromatic rings. The minimum Gasteiger partial charge on any atom is -0.490 e. The van der Waals surface area contributed by atoms with Crippen molar-refractivity contribution in [3.63, 3.8) is 0 Å². The zero-order valence-corrected chi connectivity index (χ0v) is 18.2. The van der Waals surface area contributed by atoms with Gasteiger partial charge in [-0.3, -0.25) is 9.59 Å². The van der Waals surface area contributed by atoms with Crippen LogP contribution >= 0.6 is 0 Å². The van der Waals surface area contributed by atoms with Crippen LogP contribution in [0.25, 0.3) is 0 Å². The summed E-state index contributed by atoms with van der Waals surface area (Å²) in [6.45, 7) is 9.38. The maximum atomic E-state index is 12.8. The zero-order valence-electron chi connectivity index (χ0n) is 18.2. The van der Waals surface area contributed by atoms with Crippen molar-refractivity contribution in [2.45, 2.75) is 40.5 Å². The van der Waals surface area contributed by atoms with E-state index in [1.807, 2.05) is 50.8 Å². The van der Waals surface area contributed by atoms with E-state index in [1.54, 1.807) is 18.2 Å². The highest BCUT2D eigenvalue weighted by atomic mass is 16.5. The predicted molar refractivity (Wildman–Crippen MR) is 119 cm³/mol. The third-order valence-corrected chi connectivity index (χ3v) is 5.02. The van der Waals surface area contributed by atoms with E-state index in [2.05, 4.69) is 5.32 Å². The molecule has 0 saturated carbocycles. The van der Waals surface area contributed by atoms with Crippen LogP contribution in [-0.4, -0.2) is 31.6 Å². The Bertz CT molecular complexity index is 923. The lowest BCUT2D eigenvalue weighted by Crippen LogP contribution is -2.38. The van der Waals surface area contributed by atoms with Gasteiger partial charge in [0, 0.05) is 29.4 Å². The van der Waals surface area contributed by atoms with Gasteiger partial charge in [0.15, 0.2) is 11.5 Å². The first-order valence-corrected chi connectivity index (χ1v) is 10.6. The molecule has 1 N–H and O–H groups in total. The first-order chi connectivity index (χ1) is 14.4. The molecule has 6 heteroatoms. The normalized spacial score (nSPS) is 13.0. The third-order valence-electron chi connectivity index (χ3n) is 5.02. The van der Waals surface area contributed by atoms with Crippen molar-refractivity contribution in [2.75, 3.05) is 30.0 Å². The highest BCUT2D eigenvalue weighted by molar-refractivity contribution is 6.05. The summed E-state index contributed by atoms with van der Waals surface area (Å²) in [5.74, 6) is 1.05. The number of rotatable bonds is 7. The number of anilines is 2. The van der Waals surface area contributed by atoms with Crippen molar-refractivity contribution in [3.05, 3.63) is 47.5 Å². The van der Waals surface area contributed by atoms with Gasteiger partial charge in [0.05, 0.1) is 13.2 Å². The summed E-state index contributed by atoms with van der Waals surface area (Å²) in [6, 6.07) is 10.9. The number of ether oxygens (including phenoxy) is 2. The summed E-state index contributed by atoms with van der Waals surface area (Å²) in [5, 5.41) is 2.96. The molecule has 160 valence electrons. The lowest BCUT2D eigenvalue weighted by Gasteiger charge is -2.31. The molecule has 0 atom stereocenters. The molecule has 0 radical (unpaired) electrons. The molecule has 0 bridgehead atoms. The van der Waals surface area contributed by atoms with Crippen molar-refractivity contribution < 1.29 is 19.1 Å². The van der Waals surface area contributed by atoms with Crippen LogP contribution in [0, 0.1) is 5.92 Å². The van der Waals surface area contributed by atoms with Gasteiger partial charge in [0.1, 0.15) is 0 Å². The van der Waals surface area contributed by atoms with E-state index in [-0.39, 0.29) is 17.7 Å². The van der Waals surface area contributed by atoms with E-state index < -0.39 is 0 Å². The maximum absolute atomic E-state index is 12.8. The van der Waals surface area contributed by atoms with Crippen molar-refractivity contribution >= 4 is 23.2 Å². The predicted octanol–water partition coefficient (Wildman–Crippen LogP) is 4.67. The van der Waals surface area contributed by atoms with Crippen LogP contribution in [0.5, 0.6) is 11.5 Å². The molecule has 3 rings (SSSR count). The number of amides is 2. The van der Waals surface area contributed by atoms with Gasteiger partial charge < -0.3 is 19.7 Å². The molecule has 0 saturated heterocycles. The lowest BCUT2D eigenvalue weighted by atomic mass is 9.99. The molecule has 0 spiro atoms. The van der Waals surface area contributed by atoms with Gasteiger partial charge >= 0.3 is 0 Å². The fourth-order valence-electron chi connectivity index (χ4n) is 3.61. The number of nitrogens with zero attached hydrogens (tertiary/aromatic N) is 1. The number of carbonyl (C=O) groups excluding carboxylic acids is 2. The Morgan fingerprint density at radius 1 is 1.03 bits per heavy atom. The average Bonchev–Trinajstić information content (AvgIpc) is 2.74. The highest BCUT2D eigenvalue weighted by Gasteiger charge is 2.24. The van der Waals surface area contributed by atoms with E-state index in [9.17, 15) is 9.59 Å². The number of aryl methyl sites for hydroxylation is 1. The first kappa shape index (κ1) is 21.7. The molecule has 2 aromatic carbocycles. The minimum atomic E-state index is -0.218. The summed E-state index contributed by atoms with van der Waals surface area (Å²) in [7, 11) is 0. The van der Waals surface area contributed by atoms with Gasteiger partial charge in [0.2, 0.25) is 5.91 Å². The lowest BCUT2D eigenvalue weighted by molar-refractivity contribution is -0.121. The number of hydrogen-bond donors (Lipinski definition) is 1. The number of fused-ring (bicyclic) bond motifs is 1. The molecular weight excluding hydrogens is 380 g/mol. The molecular formula is C24H30N2O4. The Kier molecular flexibility index (Phi) is 6.98. The van der Waals surface area contributed by atoms with E-state index in [1.165, 1.54) is 0 Å². The molecule has 0 fully saturated rings. The van der Waals surface area contributed by atoms with E-state index in [4.69, 9.17) is 9.47 Å². The van der Waals surface area contributed by atoms with Gasteiger partial charge in [-0.25, -0.2) is 0 Å². The topological polar surface area (TPSA) is 67.9 Å². The number of carbonyl (C=O) groups is 2. The second-order valence-corrected chi connectivity index (χ2v) is 7.57. The second-order valence-electron chi connectivity index (χ2n) is 7.57. The maximum Gasteiger partial charge on any atom is 0.255 e. The van der Waals surface area contributed by atoms with Crippen LogP contribution < -0.4 is 19.7 Å². The van der Waals surface area contributed by atoms with Crippen LogP contribution in [-0.2, 0) is 11.2 Å². The summed E-state index contributed by atoms with van der Waals surface area (Å²) < 4.78 is 11.2. The van der Waals surface area contributed by atoms with Crippen LogP contribution in [0.1, 0.15) is 50.0 Å². The Morgan fingerprint density at radius 3 is 2.47 bits per heavy atom. The summed E-state index contributed by atoms with van der Waals surface area (Å²) in [5.41, 5.74) is 3.23. The van der Waals surface area contributed by atoms with Crippen LogP contribution in [0.3, 0.4) is 0 Å². The van der Waals surface area contributed by atoms with Gasteiger partial charge in [-0.1, -0.05) is 13.8 Å². The molecule has 0 aromatic heterocycles. The second kappa shape index (κ2) is 9.65. The quantitative estimate of drug-likeness (QED) is 0.720. The average molecular weight is 411 g/mol. The van der Waals surface area contributed by atoms with Crippen molar-refractivity contribution in [1.29, 1.82) is 0 Å². The van der Waals surface area contributed by atoms with Crippen molar-refractivity contribution in [1.82, 2.24) is 0 Å². The number of benzene rings is 2. The van der Waals surface area contributed by atoms with Gasteiger partial charge in [0.25, 0.3) is 5.91 Å². The monoisotopic (exact) mass is 410 g/mol. The SMILES string of the molecule is CCOc1ccc(C(=O)Nc2ccc3c(c2)CCCN3C(=O)C(C)C)cc1OCC.